The number of nitrogens with zero attached hydrogens (tertiary/aromatic N) is 2. The average Bonchev–Trinajstić information content (AvgIpc) is 2.98. The molecule has 30 heavy (non-hydrogen) atoms. The Kier molecular flexibility index (Phi) is 5.88. The van der Waals surface area contributed by atoms with Gasteiger partial charge in [-0.1, -0.05) is 11.6 Å². The molecule has 1 aromatic heterocycles. The van der Waals surface area contributed by atoms with Gasteiger partial charge in [-0.15, -0.1) is 0 Å². The number of carbonyl (C=O) groups is 1. The maximum atomic E-state index is 13.1. The van der Waals surface area contributed by atoms with Gasteiger partial charge in [-0.3, -0.25) is 4.68 Å². The van der Waals surface area contributed by atoms with Gasteiger partial charge < -0.3 is 15.4 Å². The second kappa shape index (κ2) is 8.23. The van der Waals surface area contributed by atoms with Gasteiger partial charge >= 0.3 is 12.2 Å². The summed E-state index contributed by atoms with van der Waals surface area (Å²) < 4.78 is 58.6. The minimum absolute atomic E-state index is 0.0246. The molecule has 11 heteroatoms. The molecule has 0 aliphatic rings. The van der Waals surface area contributed by atoms with Gasteiger partial charge in [-0.05, 0) is 42.5 Å². The van der Waals surface area contributed by atoms with E-state index in [0.717, 1.165) is 4.68 Å². The molecule has 0 saturated carbocycles. The van der Waals surface area contributed by atoms with Crippen LogP contribution < -0.4 is 15.4 Å². The second-order valence-corrected chi connectivity index (χ2v) is 6.51. The Morgan fingerprint density at radius 3 is 2.27 bits per heavy atom. The molecular weight excluding hydrogens is 428 g/mol. The minimum Gasteiger partial charge on any atom is -0.496 e. The number of hydrogen-bond donors (Lipinski definition) is 2. The van der Waals surface area contributed by atoms with Gasteiger partial charge in [-0.2, -0.15) is 18.3 Å². The monoisotopic (exact) mass is 442 g/mol. The number of nitrogens with one attached hydrogen (secondary N) is 2. The van der Waals surface area contributed by atoms with E-state index in [1.807, 2.05) is 0 Å². The molecule has 3 aromatic rings. The van der Waals surface area contributed by atoms with Crippen LogP contribution >= 0.6 is 11.6 Å². The van der Waals surface area contributed by atoms with Crippen LogP contribution in [-0.4, -0.2) is 22.9 Å². The molecule has 6 nitrogen and oxygen atoms in total. The summed E-state index contributed by atoms with van der Waals surface area (Å²) in [5.74, 6) is -0.217. The third-order valence-corrected chi connectivity index (χ3v) is 4.43. The summed E-state index contributed by atoms with van der Waals surface area (Å²) in [5, 5.41) is 7.93. The van der Waals surface area contributed by atoms with E-state index in [4.69, 9.17) is 16.3 Å². The van der Waals surface area contributed by atoms with Gasteiger partial charge in [0, 0.05) is 24.0 Å². The van der Waals surface area contributed by atoms with Crippen LogP contribution in [0.4, 0.5) is 33.7 Å². The third kappa shape index (κ3) is 4.48. The Hall–Kier alpha value is -3.27. The van der Waals surface area contributed by atoms with E-state index >= 15 is 0 Å². The molecule has 0 fully saturated rings. The highest BCUT2D eigenvalue weighted by Gasteiger charge is 2.39. The van der Waals surface area contributed by atoms with Crippen molar-refractivity contribution < 1.29 is 27.1 Å². The van der Waals surface area contributed by atoms with E-state index in [-0.39, 0.29) is 22.7 Å². The number of carbonyl (C=O) groups excluding carboxylic acids is 1. The minimum atomic E-state index is -4.73. The summed E-state index contributed by atoms with van der Waals surface area (Å²) in [7, 11) is 2.67. The number of amides is 2. The number of aromatic nitrogens is 2. The van der Waals surface area contributed by atoms with Crippen LogP contribution in [0.15, 0.2) is 42.5 Å². The van der Waals surface area contributed by atoms with Crippen LogP contribution in [0.5, 0.6) is 5.75 Å². The molecule has 1 heterocycles. The van der Waals surface area contributed by atoms with Crippen molar-refractivity contribution in [2.75, 3.05) is 17.7 Å². The van der Waals surface area contributed by atoms with Gasteiger partial charge in [0.1, 0.15) is 11.6 Å². The van der Waals surface area contributed by atoms with Gasteiger partial charge in [0.25, 0.3) is 0 Å². The van der Waals surface area contributed by atoms with Crippen molar-refractivity contribution in [3.8, 4) is 17.0 Å². The van der Waals surface area contributed by atoms with Crippen molar-refractivity contribution in [3.63, 3.8) is 0 Å². The number of hydrogen-bond acceptors (Lipinski definition) is 3. The average molecular weight is 443 g/mol. The van der Waals surface area contributed by atoms with E-state index in [9.17, 15) is 22.4 Å². The van der Waals surface area contributed by atoms with Crippen LogP contribution in [0.1, 0.15) is 5.69 Å². The van der Waals surface area contributed by atoms with Crippen molar-refractivity contribution in [1.29, 1.82) is 0 Å². The maximum absolute atomic E-state index is 13.1. The van der Waals surface area contributed by atoms with Crippen LogP contribution in [-0.2, 0) is 13.2 Å². The van der Waals surface area contributed by atoms with Crippen LogP contribution in [0.3, 0.4) is 0 Å². The topological polar surface area (TPSA) is 68.2 Å². The highest BCUT2D eigenvalue weighted by Crippen LogP contribution is 2.42. The van der Waals surface area contributed by atoms with E-state index < -0.39 is 28.7 Å². The van der Waals surface area contributed by atoms with E-state index in [1.54, 1.807) is 0 Å². The SMILES string of the molecule is COc1ccc(NC(=O)Nc2ccc(F)cc2)cc1-c1c(Cl)c(C(F)(F)F)nn1C. The first kappa shape index (κ1) is 21.4. The number of methoxy groups -OCH3 is 1. The summed E-state index contributed by atoms with van der Waals surface area (Å²) >= 11 is 5.97. The fourth-order valence-electron chi connectivity index (χ4n) is 2.77. The standard InChI is InChI=1S/C19H15ClF4N4O2/c1-28-16(15(20)17(27-28)19(22,23)24)13-9-12(7-8-14(13)30-2)26-18(29)25-11-5-3-10(21)4-6-11/h3-9H,1-2H3,(H2,25,26,29). The van der Waals surface area contributed by atoms with Crippen LogP contribution in [0.25, 0.3) is 11.3 Å². The summed E-state index contributed by atoms with van der Waals surface area (Å²) in [6.45, 7) is 0. The van der Waals surface area contributed by atoms with Gasteiger partial charge in [0.05, 0.1) is 17.8 Å². The molecule has 0 aliphatic heterocycles. The quantitative estimate of drug-likeness (QED) is 0.520. The fraction of sp³-hybridized carbons (Fsp3) is 0.158. The predicted octanol–water partition coefficient (Wildman–Crippen LogP) is 5.55. The lowest BCUT2D eigenvalue weighted by Gasteiger charge is -2.13. The highest BCUT2D eigenvalue weighted by molar-refractivity contribution is 6.34. The first-order chi connectivity index (χ1) is 14.1. The normalized spacial score (nSPS) is 11.3. The van der Waals surface area contributed by atoms with Gasteiger partial charge in [-0.25, -0.2) is 9.18 Å². The lowest BCUT2D eigenvalue weighted by atomic mass is 10.1. The molecular formula is C19H15ClF4N4O2. The van der Waals surface area contributed by atoms with E-state index in [2.05, 4.69) is 15.7 Å². The predicted molar refractivity (Wildman–Crippen MR) is 104 cm³/mol. The lowest BCUT2D eigenvalue weighted by molar-refractivity contribution is -0.141. The number of aryl methyl sites for hydroxylation is 1. The Morgan fingerprint density at radius 1 is 1.10 bits per heavy atom. The largest absolute Gasteiger partial charge is 0.496 e. The molecule has 2 aromatic carbocycles. The number of rotatable bonds is 4. The molecule has 0 radical (unpaired) electrons. The summed E-state index contributed by atoms with van der Waals surface area (Å²) in [6.07, 6.45) is -4.73. The summed E-state index contributed by atoms with van der Waals surface area (Å²) in [4.78, 5) is 12.2. The number of alkyl halides is 3. The first-order valence-electron chi connectivity index (χ1n) is 8.42. The van der Waals surface area contributed by atoms with Crippen molar-refractivity contribution in [1.82, 2.24) is 9.78 Å². The zero-order valence-electron chi connectivity index (χ0n) is 15.6. The smallest absolute Gasteiger partial charge is 0.436 e. The Morgan fingerprint density at radius 2 is 1.70 bits per heavy atom. The molecule has 2 amide bonds. The number of halogens is 5. The number of ether oxygens (including phenoxy) is 1. The highest BCUT2D eigenvalue weighted by atomic mass is 35.5. The molecule has 158 valence electrons. The summed E-state index contributed by atoms with van der Waals surface area (Å²) in [6, 6.07) is 8.87. The number of benzene rings is 2. The van der Waals surface area contributed by atoms with Crippen molar-refractivity contribution >= 4 is 29.0 Å². The van der Waals surface area contributed by atoms with Crippen molar-refractivity contribution in [2.24, 2.45) is 7.05 Å². The Bertz CT molecular complexity index is 1080. The Balaban J connectivity index is 1.92. The second-order valence-electron chi connectivity index (χ2n) is 6.13. The fourth-order valence-corrected chi connectivity index (χ4v) is 3.14. The molecule has 2 N–H and O–H groups in total. The number of anilines is 2. The van der Waals surface area contributed by atoms with E-state index in [1.165, 1.54) is 56.6 Å². The molecule has 0 atom stereocenters. The third-order valence-electron chi connectivity index (χ3n) is 4.07. The molecule has 0 aliphatic carbocycles. The van der Waals surface area contributed by atoms with Gasteiger partial charge in [0.2, 0.25) is 0 Å². The van der Waals surface area contributed by atoms with Crippen LogP contribution in [0.2, 0.25) is 5.02 Å². The molecule has 0 bridgehead atoms. The zero-order valence-corrected chi connectivity index (χ0v) is 16.4. The van der Waals surface area contributed by atoms with E-state index in [0.29, 0.717) is 5.69 Å². The van der Waals surface area contributed by atoms with Crippen LogP contribution in [0, 0.1) is 5.82 Å². The number of urea groups is 1. The van der Waals surface area contributed by atoms with Gasteiger partial charge in [0.15, 0.2) is 5.69 Å². The maximum Gasteiger partial charge on any atom is 0.436 e. The molecule has 0 spiro atoms. The first-order valence-corrected chi connectivity index (χ1v) is 8.79. The Labute approximate surface area is 173 Å². The van der Waals surface area contributed by atoms with Crippen molar-refractivity contribution in [2.45, 2.75) is 6.18 Å². The molecule has 3 rings (SSSR count). The summed E-state index contributed by atoms with van der Waals surface area (Å²) in [5.41, 5.74) is -0.435. The zero-order chi connectivity index (χ0) is 22.1. The van der Waals surface area contributed by atoms with Crippen molar-refractivity contribution in [3.05, 3.63) is 59.0 Å². The molecule has 0 saturated heterocycles. The lowest BCUT2D eigenvalue weighted by Crippen LogP contribution is -2.19. The molecule has 0 unspecified atom stereocenters.